The number of aryl methyl sites for hydroxylation is 1. The van der Waals surface area contributed by atoms with Gasteiger partial charge in [-0.1, -0.05) is 6.07 Å². The van der Waals surface area contributed by atoms with Gasteiger partial charge < -0.3 is 20.9 Å². The second-order valence-electron chi connectivity index (χ2n) is 5.14. The third kappa shape index (κ3) is 3.50. The quantitative estimate of drug-likeness (QED) is 0.783. The van der Waals surface area contributed by atoms with Gasteiger partial charge in [0, 0.05) is 7.05 Å². The first kappa shape index (κ1) is 14.8. The molecule has 1 atom stereocenters. The van der Waals surface area contributed by atoms with Gasteiger partial charge >= 0.3 is 6.03 Å². The van der Waals surface area contributed by atoms with Crippen LogP contribution < -0.4 is 11.1 Å². The van der Waals surface area contributed by atoms with E-state index in [4.69, 9.17) is 5.73 Å². The van der Waals surface area contributed by atoms with Crippen LogP contribution in [0.2, 0.25) is 0 Å². The topological polar surface area (TPSA) is 104 Å². The van der Waals surface area contributed by atoms with Crippen molar-refractivity contribution in [3.8, 4) is 0 Å². The molecule has 1 unspecified atom stereocenters. The van der Waals surface area contributed by atoms with Crippen LogP contribution in [-0.4, -0.2) is 40.4 Å². The van der Waals surface area contributed by atoms with Gasteiger partial charge in [-0.05, 0) is 31.5 Å². The van der Waals surface area contributed by atoms with E-state index in [2.05, 4.69) is 15.3 Å². The van der Waals surface area contributed by atoms with E-state index in [1.807, 2.05) is 32.0 Å². The maximum absolute atomic E-state index is 11.9. The number of hydrogen-bond acceptors (Lipinski definition) is 3. The molecule has 2 aromatic rings. The number of nitrogens with zero attached hydrogens (tertiary/aromatic N) is 2. The Morgan fingerprint density at radius 3 is 2.86 bits per heavy atom. The Kier molecular flexibility index (Phi) is 4.11. The Labute approximate surface area is 122 Å². The van der Waals surface area contributed by atoms with Gasteiger partial charge in [0.05, 0.1) is 17.1 Å². The van der Waals surface area contributed by atoms with Crippen LogP contribution in [0.4, 0.5) is 4.79 Å². The van der Waals surface area contributed by atoms with Gasteiger partial charge in [0.2, 0.25) is 5.91 Å². The van der Waals surface area contributed by atoms with Gasteiger partial charge in [-0.25, -0.2) is 9.78 Å². The number of imidazole rings is 1. The number of likely N-dealkylation sites (N-methyl/N-ethyl adjacent to an activating group) is 1. The number of H-pyrrole nitrogens is 1. The van der Waals surface area contributed by atoms with E-state index < -0.39 is 5.91 Å². The molecule has 0 fully saturated rings. The lowest BCUT2D eigenvalue weighted by Gasteiger charge is -2.19. The largest absolute Gasteiger partial charge is 0.368 e. The monoisotopic (exact) mass is 289 g/mol. The molecule has 7 heteroatoms. The fourth-order valence-corrected chi connectivity index (χ4v) is 2.02. The number of benzene rings is 1. The van der Waals surface area contributed by atoms with E-state index in [-0.39, 0.29) is 18.6 Å². The van der Waals surface area contributed by atoms with E-state index in [0.717, 1.165) is 16.6 Å². The fourth-order valence-electron chi connectivity index (χ4n) is 2.02. The molecule has 1 aromatic carbocycles. The molecule has 0 aliphatic heterocycles. The molecular weight excluding hydrogens is 270 g/mol. The predicted molar refractivity (Wildman–Crippen MR) is 79.6 cm³/mol. The molecule has 0 bridgehead atoms. The van der Waals surface area contributed by atoms with E-state index in [9.17, 15) is 9.59 Å². The van der Waals surface area contributed by atoms with Crippen molar-refractivity contribution in [1.82, 2.24) is 20.2 Å². The molecule has 2 rings (SSSR count). The molecule has 1 aromatic heterocycles. The summed E-state index contributed by atoms with van der Waals surface area (Å²) in [5.74, 6) is 0.107. The number of aromatic nitrogens is 2. The summed E-state index contributed by atoms with van der Waals surface area (Å²) in [6.07, 6.45) is 0. The molecule has 0 aliphatic rings. The van der Waals surface area contributed by atoms with Crippen LogP contribution in [0.25, 0.3) is 11.0 Å². The number of hydrogen-bond donors (Lipinski definition) is 3. The van der Waals surface area contributed by atoms with Crippen molar-refractivity contribution in [3.05, 3.63) is 29.6 Å². The second kappa shape index (κ2) is 5.82. The van der Waals surface area contributed by atoms with Gasteiger partial charge in [-0.15, -0.1) is 0 Å². The molecule has 0 spiro atoms. The number of carbonyl (C=O) groups is 2. The number of urea groups is 1. The molecule has 0 saturated heterocycles. The Balaban J connectivity index is 2.09. The third-order valence-electron chi connectivity index (χ3n) is 3.15. The minimum atomic E-state index is -0.556. The Bertz CT molecular complexity index is 679. The molecule has 3 amide bonds. The van der Waals surface area contributed by atoms with Gasteiger partial charge in [0.1, 0.15) is 12.4 Å². The highest BCUT2D eigenvalue weighted by Gasteiger charge is 2.17. The number of carbonyl (C=O) groups excluding carboxylic acids is 2. The molecule has 7 nitrogen and oxygen atoms in total. The Hall–Kier alpha value is -2.57. The highest BCUT2D eigenvalue weighted by molar-refractivity contribution is 5.83. The molecule has 21 heavy (non-hydrogen) atoms. The molecule has 0 radical (unpaired) electrons. The normalized spacial score (nSPS) is 12.1. The highest BCUT2D eigenvalue weighted by atomic mass is 16.2. The summed E-state index contributed by atoms with van der Waals surface area (Å²) in [4.78, 5) is 31.6. The molecule has 0 saturated carbocycles. The van der Waals surface area contributed by atoms with Crippen molar-refractivity contribution in [2.24, 2.45) is 5.73 Å². The summed E-state index contributed by atoms with van der Waals surface area (Å²) in [7, 11) is 1.51. The average molecular weight is 289 g/mol. The lowest BCUT2D eigenvalue weighted by Crippen LogP contribution is -2.42. The van der Waals surface area contributed by atoms with Crippen LogP contribution in [0, 0.1) is 6.92 Å². The van der Waals surface area contributed by atoms with Crippen molar-refractivity contribution >= 4 is 23.0 Å². The lowest BCUT2D eigenvalue weighted by molar-refractivity contribution is -0.118. The number of nitrogens with two attached hydrogens (primary N) is 1. The number of fused-ring (bicyclic) bond motifs is 1. The summed E-state index contributed by atoms with van der Waals surface area (Å²) in [6.45, 7) is 3.70. The first-order valence-electron chi connectivity index (χ1n) is 6.63. The van der Waals surface area contributed by atoms with Crippen LogP contribution in [0.1, 0.15) is 24.4 Å². The first-order chi connectivity index (χ1) is 9.86. The van der Waals surface area contributed by atoms with Crippen molar-refractivity contribution in [3.63, 3.8) is 0 Å². The zero-order valence-corrected chi connectivity index (χ0v) is 12.3. The van der Waals surface area contributed by atoms with Gasteiger partial charge in [0.25, 0.3) is 0 Å². The summed E-state index contributed by atoms with van der Waals surface area (Å²) < 4.78 is 0. The van der Waals surface area contributed by atoms with E-state index in [1.54, 1.807) is 0 Å². The summed E-state index contributed by atoms with van der Waals surface area (Å²) in [5, 5.41) is 2.76. The van der Waals surface area contributed by atoms with Gasteiger partial charge in [0.15, 0.2) is 0 Å². The molecule has 112 valence electrons. The number of nitrogens with one attached hydrogen (secondary N) is 2. The number of rotatable bonds is 4. The third-order valence-corrected chi connectivity index (χ3v) is 3.15. The number of aromatic amines is 1. The number of primary amides is 1. The van der Waals surface area contributed by atoms with Crippen molar-refractivity contribution in [1.29, 1.82) is 0 Å². The maximum atomic E-state index is 11.9. The van der Waals surface area contributed by atoms with E-state index >= 15 is 0 Å². The molecule has 1 heterocycles. The lowest BCUT2D eigenvalue weighted by atomic mass is 10.2. The smallest absolute Gasteiger partial charge is 0.318 e. The van der Waals surface area contributed by atoms with Crippen LogP contribution in [0.3, 0.4) is 0 Å². The molecule has 4 N–H and O–H groups in total. The zero-order chi connectivity index (χ0) is 15.6. The summed E-state index contributed by atoms with van der Waals surface area (Å²) in [6, 6.07) is 5.23. The minimum absolute atomic E-state index is 0.127. The molecule has 0 aliphatic carbocycles. The summed E-state index contributed by atoms with van der Waals surface area (Å²) >= 11 is 0. The predicted octanol–water partition coefficient (Wildman–Crippen LogP) is 1.06. The van der Waals surface area contributed by atoms with Gasteiger partial charge in [-0.2, -0.15) is 0 Å². The Morgan fingerprint density at radius 2 is 2.19 bits per heavy atom. The standard InChI is InChI=1S/C14H19N5O2/c1-8-4-5-10-11(6-8)18-13(17-10)9(2)16-14(21)19(3)7-12(15)20/h4-6,9H,7H2,1-3H3,(H2,15,20)(H,16,21)(H,17,18). The van der Waals surface area contributed by atoms with Crippen molar-refractivity contribution in [2.45, 2.75) is 19.9 Å². The number of amides is 3. The SMILES string of the molecule is Cc1ccc2nc(C(C)NC(=O)N(C)CC(N)=O)[nH]c2c1. The van der Waals surface area contributed by atoms with E-state index in [1.165, 1.54) is 11.9 Å². The van der Waals surface area contributed by atoms with Crippen LogP contribution >= 0.6 is 0 Å². The van der Waals surface area contributed by atoms with Crippen molar-refractivity contribution < 1.29 is 9.59 Å². The highest BCUT2D eigenvalue weighted by Crippen LogP contribution is 2.17. The van der Waals surface area contributed by atoms with Crippen LogP contribution in [0.15, 0.2) is 18.2 Å². The fraction of sp³-hybridized carbons (Fsp3) is 0.357. The first-order valence-corrected chi connectivity index (χ1v) is 6.63. The van der Waals surface area contributed by atoms with Crippen LogP contribution in [-0.2, 0) is 4.79 Å². The average Bonchev–Trinajstić information content (AvgIpc) is 2.80. The van der Waals surface area contributed by atoms with Crippen molar-refractivity contribution in [2.75, 3.05) is 13.6 Å². The van der Waals surface area contributed by atoms with Crippen LogP contribution in [0.5, 0.6) is 0 Å². The summed E-state index contributed by atoms with van der Waals surface area (Å²) in [5.41, 5.74) is 7.97. The zero-order valence-electron chi connectivity index (χ0n) is 12.3. The molecular formula is C14H19N5O2. The van der Waals surface area contributed by atoms with Gasteiger partial charge in [-0.3, -0.25) is 4.79 Å². The second-order valence-corrected chi connectivity index (χ2v) is 5.14. The maximum Gasteiger partial charge on any atom is 0.318 e. The van der Waals surface area contributed by atoms with E-state index in [0.29, 0.717) is 5.82 Å². The Morgan fingerprint density at radius 1 is 1.48 bits per heavy atom. The minimum Gasteiger partial charge on any atom is -0.368 e.